The van der Waals surface area contributed by atoms with E-state index in [1.54, 1.807) is 48.9 Å². The molecule has 2 heterocycles. The van der Waals surface area contributed by atoms with Gasteiger partial charge in [0, 0.05) is 29.2 Å². The lowest BCUT2D eigenvalue weighted by atomic mass is 10.1. The van der Waals surface area contributed by atoms with E-state index in [-0.39, 0.29) is 19.1 Å². The minimum atomic E-state index is -0.467. The summed E-state index contributed by atoms with van der Waals surface area (Å²) in [6.45, 7) is 0.0822. The van der Waals surface area contributed by atoms with Crippen LogP contribution in [-0.4, -0.2) is 29.6 Å². The maximum absolute atomic E-state index is 12.3. The molecule has 0 saturated carbocycles. The third-order valence-corrected chi connectivity index (χ3v) is 4.35. The molecule has 0 fully saturated rings. The first-order valence-electron chi connectivity index (χ1n) is 8.83. The van der Waals surface area contributed by atoms with E-state index in [1.807, 2.05) is 6.07 Å². The molecule has 2 aromatic carbocycles. The summed E-state index contributed by atoms with van der Waals surface area (Å²) >= 11 is 0. The maximum atomic E-state index is 12.3. The monoisotopic (exact) mass is 391 g/mol. The first-order valence-corrected chi connectivity index (χ1v) is 8.83. The fourth-order valence-corrected chi connectivity index (χ4v) is 2.92. The topological polar surface area (TPSA) is 104 Å². The van der Waals surface area contributed by atoms with Gasteiger partial charge in [-0.2, -0.15) is 0 Å². The predicted octanol–water partition coefficient (Wildman–Crippen LogP) is 2.44. The Bertz CT molecular complexity index is 1240. The van der Waals surface area contributed by atoms with Crippen LogP contribution in [0.2, 0.25) is 0 Å². The van der Waals surface area contributed by atoms with Crippen LogP contribution in [-0.2, 0) is 11.3 Å². The molecule has 1 amide bonds. The largest absolute Gasteiger partial charge is 0.497 e. The van der Waals surface area contributed by atoms with Gasteiger partial charge in [0.05, 0.1) is 30.9 Å². The van der Waals surface area contributed by atoms with Gasteiger partial charge in [-0.05, 0) is 30.3 Å². The van der Waals surface area contributed by atoms with Gasteiger partial charge in [-0.1, -0.05) is 0 Å². The number of ether oxygens (including phenoxy) is 2. The number of amides is 1. The average molecular weight is 391 g/mol. The van der Waals surface area contributed by atoms with E-state index in [2.05, 4.69) is 15.3 Å². The van der Waals surface area contributed by atoms with Gasteiger partial charge < -0.3 is 19.2 Å². The molecule has 0 radical (unpaired) electrons. The van der Waals surface area contributed by atoms with Gasteiger partial charge in [-0.3, -0.25) is 14.8 Å². The van der Waals surface area contributed by atoms with Crippen molar-refractivity contribution in [3.63, 3.8) is 0 Å². The number of carbonyl (C=O) groups is 1. The summed E-state index contributed by atoms with van der Waals surface area (Å²) in [7, 11) is 1.54. The molecule has 2 aromatic heterocycles. The summed E-state index contributed by atoms with van der Waals surface area (Å²) in [5.41, 5.74) is 0.562. The van der Waals surface area contributed by atoms with Crippen molar-refractivity contribution in [1.29, 1.82) is 0 Å². The van der Waals surface area contributed by atoms with E-state index in [0.717, 1.165) is 10.8 Å². The van der Waals surface area contributed by atoms with Crippen LogP contribution < -0.4 is 20.4 Å². The number of nitrogens with one attached hydrogen (secondary N) is 1. The van der Waals surface area contributed by atoms with E-state index >= 15 is 0 Å². The molecule has 0 aliphatic heterocycles. The molecule has 0 aliphatic carbocycles. The number of aromatic nitrogens is 2. The van der Waals surface area contributed by atoms with Crippen LogP contribution in [0.5, 0.6) is 11.5 Å². The summed E-state index contributed by atoms with van der Waals surface area (Å²) in [4.78, 5) is 32.3. The number of carbonyl (C=O) groups excluding carboxylic acids is 1. The van der Waals surface area contributed by atoms with Gasteiger partial charge in [0.25, 0.3) is 5.91 Å². The molecule has 0 aliphatic rings. The smallest absolute Gasteiger partial charge is 0.344 e. The predicted molar refractivity (Wildman–Crippen MR) is 106 cm³/mol. The number of benzene rings is 2. The van der Waals surface area contributed by atoms with Crippen molar-refractivity contribution in [2.45, 2.75) is 6.54 Å². The van der Waals surface area contributed by atoms with Crippen LogP contribution >= 0.6 is 0 Å². The summed E-state index contributed by atoms with van der Waals surface area (Å²) in [5.74, 6) is 0.697. The van der Waals surface area contributed by atoms with Crippen molar-refractivity contribution in [3.05, 3.63) is 71.1 Å². The van der Waals surface area contributed by atoms with E-state index in [0.29, 0.717) is 28.2 Å². The van der Waals surface area contributed by atoms with Crippen molar-refractivity contribution in [1.82, 2.24) is 15.3 Å². The summed E-state index contributed by atoms with van der Waals surface area (Å²) in [6, 6.07) is 10.4. The molecule has 29 heavy (non-hydrogen) atoms. The molecule has 4 aromatic rings. The minimum Gasteiger partial charge on any atom is -0.497 e. The lowest BCUT2D eigenvalue weighted by Gasteiger charge is -2.09. The number of fused-ring (bicyclic) bond motifs is 3. The van der Waals surface area contributed by atoms with Gasteiger partial charge in [-0.25, -0.2) is 4.79 Å². The highest BCUT2D eigenvalue weighted by Crippen LogP contribution is 2.28. The Morgan fingerprint density at radius 2 is 1.90 bits per heavy atom. The fourth-order valence-electron chi connectivity index (χ4n) is 2.92. The van der Waals surface area contributed by atoms with E-state index in [4.69, 9.17) is 13.9 Å². The summed E-state index contributed by atoms with van der Waals surface area (Å²) < 4.78 is 16.1. The van der Waals surface area contributed by atoms with E-state index in [9.17, 15) is 9.59 Å². The zero-order valence-electron chi connectivity index (χ0n) is 15.5. The molecule has 8 heteroatoms. The number of hydrogen-bond acceptors (Lipinski definition) is 7. The van der Waals surface area contributed by atoms with Crippen molar-refractivity contribution in [2.75, 3.05) is 13.7 Å². The average Bonchev–Trinajstić information content (AvgIpc) is 2.76. The second-order valence-corrected chi connectivity index (χ2v) is 6.22. The Balaban J connectivity index is 1.49. The Morgan fingerprint density at radius 3 is 2.69 bits per heavy atom. The molecular formula is C21H17N3O5. The molecule has 0 atom stereocenters. The van der Waals surface area contributed by atoms with Gasteiger partial charge in [0.1, 0.15) is 17.1 Å². The highest BCUT2D eigenvalue weighted by atomic mass is 16.5. The first kappa shape index (κ1) is 18.4. The molecule has 0 saturated heterocycles. The Kier molecular flexibility index (Phi) is 5.07. The highest BCUT2D eigenvalue weighted by Gasteiger charge is 2.10. The van der Waals surface area contributed by atoms with Gasteiger partial charge in [0.2, 0.25) is 0 Å². The third kappa shape index (κ3) is 4.01. The highest BCUT2D eigenvalue weighted by molar-refractivity contribution is 6.04. The summed E-state index contributed by atoms with van der Waals surface area (Å²) in [6.07, 6.45) is 4.69. The van der Waals surface area contributed by atoms with Crippen LogP contribution in [0, 0.1) is 0 Å². The molecule has 8 nitrogen and oxygen atoms in total. The lowest BCUT2D eigenvalue weighted by Crippen LogP contribution is -2.28. The van der Waals surface area contributed by atoms with Crippen LogP contribution in [0.4, 0.5) is 0 Å². The Morgan fingerprint density at radius 1 is 1.07 bits per heavy atom. The van der Waals surface area contributed by atoms with Crippen molar-refractivity contribution in [2.24, 2.45) is 0 Å². The Hall–Kier alpha value is -3.94. The molecule has 0 spiro atoms. The van der Waals surface area contributed by atoms with Crippen LogP contribution in [0.1, 0.15) is 5.69 Å². The number of rotatable bonds is 6. The van der Waals surface area contributed by atoms with Crippen molar-refractivity contribution in [3.8, 4) is 11.5 Å². The Labute approximate surface area is 165 Å². The quantitative estimate of drug-likeness (QED) is 0.398. The zero-order valence-corrected chi connectivity index (χ0v) is 15.5. The molecule has 0 unspecified atom stereocenters. The van der Waals surface area contributed by atoms with Gasteiger partial charge >= 0.3 is 5.63 Å². The molecule has 1 N–H and O–H groups in total. The fraction of sp³-hybridized carbons (Fsp3) is 0.143. The van der Waals surface area contributed by atoms with Crippen molar-refractivity contribution < 1.29 is 18.7 Å². The molecule has 0 bridgehead atoms. The van der Waals surface area contributed by atoms with Gasteiger partial charge in [-0.15, -0.1) is 0 Å². The number of nitrogens with zero attached hydrogens (tertiary/aromatic N) is 2. The van der Waals surface area contributed by atoms with E-state index < -0.39 is 5.63 Å². The minimum absolute atomic E-state index is 0.180. The third-order valence-electron chi connectivity index (χ3n) is 4.35. The number of methoxy groups -OCH3 is 1. The standard InChI is InChI=1S/C21H17N3O5/c1-27-14-2-4-16-17-5-3-15(9-19(17)29-21(26)18(16)8-14)28-12-20(25)24-11-13-10-22-6-7-23-13/h2-10H,11-12H2,1H3,(H,24,25). The molecular weight excluding hydrogens is 374 g/mol. The molecule has 4 rings (SSSR count). The lowest BCUT2D eigenvalue weighted by molar-refractivity contribution is -0.123. The van der Waals surface area contributed by atoms with Crippen LogP contribution in [0.3, 0.4) is 0 Å². The normalized spacial score (nSPS) is 10.8. The maximum Gasteiger partial charge on any atom is 0.344 e. The second-order valence-electron chi connectivity index (χ2n) is 6.22. The van der Waals surface area contributed by atoms with E-state index in [1.165, 1.54) is 7.11 Å². The SMILES string of the molecule is COc1ccc2c(c1)c(=O)oc1cc(OCC(=O)NCc3cnccn3)ccc12. The van der Waals surface area contributed by atoms with Gasteiger partial charge in [0.15, 0.2) is 6.61 Å². The number of hydrogen-bond donors (Lipinski definition) is 1. The zero-order chi connectivity index (χ0) is 20.2. The van der Waals surface area contributed by atoms with Crippen molar-refractivity contribution >= 4 is 27.6 Å². The second kappa shape index (κ2) is 7.97. The van der Waals surface area contributed by atoms with Crippen LogP contribution in [0.25, 0.3) is 21.7 Å². The molecule has 146 valence electrons. The van der Waals surface area contributed by atoms with Crippen LogP contribution in [0.15, 0.2) is 64.2 Å². The summed E-state index contributed by atoms with van der Waals surface area (Å²) in [5, 5.41) is 4.66. The first-order chi connectivity index (χ1) is 14.1.